The SMILES string of the molecule is O=C(CN1CCN(C(=O)CN2CCOCC2)CC1)Nc1ccc(Oc2ccccc2)cc1. The summed E-state index contributed by atoms with van der Waals surface area (Å²) in [5, 5.41) is 2.93. The van der Waals surface area contributed by atoms with Crippen molar-refractivity contribution >= 4 is 17.5 Å². The first-order chi connectivity index (χ1) is 15.7. The number of piperazine rings is 1. The molecule has 0 saturated carbocycles. The number of hydrogen-bond acceptors (Lipinski definition) is 6. The molecule has 0 aromatic heterocycles. The molecule has 0 unspecified atom stereocenters. The largest absolute Gasteiger partial charge is 0.457 e. The zero-order chi connectivity index (χ0) is 22.2. The van der Waals surface area contributed by atoms with E-state index in [0.717, 1.165) is 24.5 Å². The van der Waals surface area contributed by atoms with E-state index in [1.165, 1.54) is 0 Å². The fraction of sp³-hybridized carbons (Fsp3) is 0.417. The third-order valence-corrected chi connectivity index (χ3v) is 5.67. The third kappa shape index (κ3) is 6.53. The topological polar surface area (TPSA) is 74.4 Å². The minimum atomic E-state index is -0.0604. The van der Waals surface area contributed by atoms with Crippen molar-refractivity contribution in [3.05, 3.63) is 54.6 Å². The van der Waals surface area contributed by atoms with Gasteiger partial charge in [-0.1, -0.05) is 18.2 Å². The molecule has 0 radical (unpaired) electrons. The van der Waals surface area contributed by atoms with Gasteiger partial charge in [-0.3, -0.25) is 19.4 Å². The molecule has 2 aliphatic heterocycles. The Labute approximate surface area is 188 Å². The molecule has 2 aliphatic rings. The number of morpholine rings is 1. The van der Waals surface area contributed by atoms with E-state index >= 15 is 0 Å². The van der Waals surface area contributed by atoms with E-state index < -0.39 is 0 Å². The zero-order valence-corrected chi connectivity index (χ0v) is 18.2. The Bertz CT molecular complexity index is 877. The first-order valence-electron chi connectivity index (χ1n) is 11.1. The highest BCUT2D eigenvalue weighted by Crippen LogP contribution is 2.22. The summed E-state index contributed by atoms with van der Waals surface area (Å²) in [5.74, 6) is 1.59. The van der Waals surface area contributed by atoms with Gasteiger partial charge >= 0.3 is 0 Å². The van der Waals surface area contributed by atoms with Crippen LogP contribution in [0.5, 0.6) is 11.5 Å². The number of anilines is 1. The van der Waals surface area contributed by atoms with Gasteiger partial charge in [0.25, 0.3) is 0 Å². The van der Waals surface area contributed by atoms with Crippen molar-refractivity contribution in [3.63, 3.8) is 0 Å². The molecule has 0 atom stereocenters. The van der Waals surface area contributed by atoms with Gasteiger partial charge in [-0.05, 0) is 36.4 Å². The highest BCUT2D eigenvalue weighted by molar-refractivity contribution is 5.92. The molecular weight excluding hydrogens is 408 g/mol. The number of hydrogen-bond donors (Lipinski definition) is 1. The van der Waals surface area contributed by atoms with Crippen LogP contribution in [0, 0.1) is 0 Å². The highest BCUT2D eigenvalue weighted by Gasteiger charge is 2.24. The summed E-state index contributed by atoms with van der Waals surface area (Å²) in [7, 11) is 0. The van der Waals surface area contributed by atoms with E-state index in [4.69, 9.17) is 9.47 Å². The van der Waals surface area contributed by atoms with Crippen molar-refractivity contribution < 1.29 is 19.1 Å². The quantitative estimate of drug-likeness (QED) is 0.712. The van der Waals surface area contributed by atoms with Gasteiger partial charge in [0, 0.05) is 45.0 Å². The number of rotatable bonds is 7. The number of nitrogens with zero attached hydrogens (tertiary/aromatic N) is 3. The summed E-state index contributed by atoms with van der Waals surface area (Å²) >= 11 is 0. The molecule has 2 aromatic carbocycles. The molecule has 0 bridgehead atoms. The molecular formula is C24H30N4O4. The molecule has 2 aromatic rings. The van der Waals surface area contributed by atoms with Gasteiger partial charge in [0.2, 0.25) is 11.8 Å². The Morgan fingerprint density at radius 2 is 1.41 bits per heavy atom. The lowest BCUT2D eigenvalue weighted by Gasteiger charge is -2.36. The van der Waals surface area contributed by atoms with Crippen LogP contribution in [0.1, 0.15) is 0 Å². The minimum Gasteiger partial charge on any atom is -0.457 e. The number of amides is 2. The molecule has 2 heterocycles. The molecule has 0 aliphatic carbocycles. The maximum Gasteiger partial charge on any atom is 0.238 e. The molecule has 8 nitrogen and oxygen atoms in total. The first-order valence-corrected chi connectivity index (χ1v) is 11.1. The summed E-state index contributed by atoms with van der Waals surface area (Å²) in [5.41, 5.74) is 0.731. The molecule has 32 heavy (non-hydrogen) atoms. The summed E-state index contributed by atoms with van der Waals surface area (Å²) in [4.78, 5) is 31.1. The van der Waals surface area contributed by atoms with Crippen LogP contribution in [0.2, 0.25) is 0 Å². The molecule has 2 amide bonds. The van der Waals surface area contributed by atoms with Crippen LogP contribution in [0.15, 0.2) is 54.6 Å². The van der Waals surface area contributed by atoms with E-state index in [2.05, 4.69) is 15.1 Å². The lowest BCUT2D eigenvalue weighted by Crippen LogP contribution is -2.53. The van der Waals surface area contributed by atoms with E-state index in [0.29, 0.717) is 58.2 Å². The Morgan fingerprint density at radius 3 is 2.09 bits per heavy atom. The lowest BCUT2D eigenvalue weighted by atomic mass is 10.2. The summed E-state index contributed by atoms with van der Waals surface area (Å²) in [6.45, 7) is 6.48. The Hall–Kier alpha value is -2.94. The van der Waals surface area contributed by atoms with E-state index in [-0.39, 0.29) is 11.8 Å². The number of carbonyl (C=O) groups is 2. The Morgan fingerprint density at radius 1 is 0.781 bits per heavy atom. The Kier molecular flexibility index (Phi) is 7.71. The van der Waals surface area contributed by atoms with E-state index in [1.54, 1.807) is 0 Å². The zero-order valence-electron chi connectivity index (χ0n) is 18.2. The molecule has 4 rings (SSSR count). The van der Waals surface area contributed by atoms with Crippen molar-refractivity contribution in [2.75, 3.05) is 70.9 Å². The van der Waals surface area contributed by atoms with Crippen LogP contribution in [0.3, 0.4) is 0 Å². The number of para-hydroxylation sites is 1. The van der Waals surface area contributed by atoms with Crippen LogP contribution in [0.4, 0.5) is 5.69 Å². The smallest absolute Gasteiger partial charge is 0.238 e. The van der Waals surface area contributed by atoms with Crippen molar-refractivity contribution in [2.24, 2.45) is 0 Å². The predicted molar refractivity (Wildman–Crippen MR) is 122 cm³/mol. The van der Waals surface area contributed by atoms with Crippen molar-refractivity contribution in [3.8, 4) is 11.5 Å². The van der Waals surface area contributed by atoms with Crippen molar-refractivity contribution in [1.82, 2.24) is 14.7 Å². The van der Waals surface area contributed by atoms with Crippen LogP contribution >= 0.6 is 0 Å². The van der Waals surface area contributed by atoms with Gasteiger partial charge in [-0.15, -0.1) is 0 Å². The van der Waals surface area contributed by atoms with Crippen molar-refractivity contribution in [1.29, 1.82) is 0 Å². The molecule has 2 saturated heterocycles. The second-order valence-corrected chi connectivity index (χ2v) is 8.03. The average Bonchev–Trinajstić information content (AvgIpc) is 2.82. The van der Waals surface area contributed by atoms with Gasteiger partial charge in [-0.2, -0.15) is 0 Å². The second-order valence-electron chi connectivity index (χ2n) is 8.03. The number of ether oxygens (including phenoxy) is 2. The van der Waals surface area contributed by atoms with Crippen LogP contribution in [-0.2, 0) is 14.3 Å². The highest BCUT2D eigenvalue weighted by atomic mass is 16.5. The Balaban J connectivity index is 1.17. The summed E-state index contributed by atoms with van der Waals surface area (Å²) in [6.07, 6.45) is 0. The maximum atomic E-state index is 12.5. The normalized spacial score (nSPS) is 17.7. The standard InChI is InChI=1S/C24H30N4O4/c29-23(25-20-6-8-22(9-7-20)32-21-4-2-1-3-5-21)18-26-10-12-28(13-11-26)24(30)19-27-14-16-31-17-15-27/h1-9H,10-19H2,(H,25,29). The van der Waals surface area contributed by atoms with Crippen molar-refractivity contribution in [2.45, 2.75) is 0 Å². The van der Waals surface area contributed by atoms with Gasteiger partial charge in [0.1, 0.15) is 11.5 Å². The average molecular weight is 439 g/mol. The number of benzene rings is 2. The molecule has 0 spiro atoms. The molecule has 8 heteroatoms. The van der Waals surface area contributed by atoms with Crippen LogP contribution in [0.25, 0.3) is 0 Å². The molecule has 1 N–H and O–H groups in total. The molecule has 170 valence electrons. The van der Waals surface area contributed by atoms with Gasteiger partial charge < -0.3 is 19.7 Å². The lowest BCUT2D eigenvalue weighted by molar-refractivity contribution is -0.135. The molecule has 2 fully saturated rings. The van der Waals surface area contributed by atoms with Crippen LogP contribution < -0.4 is 10.1 Å². The first kappa shape index (κ1) is 22.3. The fourth-order valence-electron chi connectivity index (χ4n) is 3.84. The van der Waals surface area contributed by atoms with Gasteiger partial charge in [-0.25, -0.2) is 0 Å². The monoisotopic (exact) mass is 438 g/mol. The number of carbonyl (C=O) groups excluding carboxylic acids is 2. The minimum absolute atomic E-state index is 0.0604. The predicted octanol–water partition coefficient (Wildman–Crippen LogP) is 1.89. The van der Waals surface area contributed by atoms with Gasteiger partial charge in [0.05, 0.1) is 26.3 Å². The van der Waals surface area contributed by atoms with E-state index in [1.807, 2.05) is 59.5 Å². The van der Waals surface area contributed by atoms with E-state index in [9.17, 15) is 9.59 Å². The summed E-state index contributed by atoms with van der Waals surface area (Å²) in [6, 6.07) is 16.9. The van der Waals surface area contributed by atoms with Gasteiger partial charge in [0.15, 0.2) is 0 Å². The maximum absolute atomic E-state index is 12.5. The fourth-order valence-corrected chi connectivity index (χ4v) is 3.84. The number of nitrogens with one attached hydrogen (secondary N) is 1. The third-order valence-electron chi connectivity index (χ3n) is 5.67. The summed E-state index contributed by atoms with van der Waals surface area (Å²) < 4.78 is 11.1. The van der Waals surface area contributed by atoms with Crippen LogP contribution in [-0.4, -0.2) is 92.1 Å². The second kappa shape index (κ2) is 11.1.